The first-order valence-corrected chi connectivity index (χ1v) is 12.3. The molecule has 14 nitrogen and oxygen atoms in total. The number of aliphatic carboxylic acids is 3. The SMILES string of the molecule is [B]N[C@@H](CCC(=O)O)C(=O)N[C@@H](CNC(=O)[C@H](CN)NC(=O)C(CC(=O)O)SC([B])(CC)CC)C(=O)O. The number of amides is 3. The van der Waals surface area contributed by atoms with Gasteiger partial charge in [0.15, 0.2) is 7.98 Å². The summed E-state index contributed by atoms with van der Waals surface area (Å²) < 4.78 is -0.869. The van der Waals surface area contributed by atoms with Gasteiger partial charge >= 0.3 is 17.9 Å². The molecule has 0 aromatic rings. The van der Waals surface area contributed by atoms with Crippen LogP contribution in [0.4, 0.5) is 0 Å². The predicted octanol–water partition coefficient (Wildman–Crippen LogP) is -2.72. The Morgan fingerprint density at radius 3 is 1.89 bits per heavy atom. The number of nitrogens with one attached hydrogen (secondary N) is 4. The first-order chi connectivity index (χ1) is 17.2. The van der Waals surface area contributed by atoms with Crippen LogP contribution in [0.3, 0.4) is 0 Å². The minimum Gasteiger partial charge on any atom is -0.481 e. The Labute approximate surface area is 221 Å². The third-order valence-corrected chi connectivity index (χ3v) is 7.07. The molecule has 4 radical (unpaired) electrons. The fourth-order valence-corrected chi connectivity index (χ4v) is 4.20. The minimum absolute atomic E-state index is 0.215. The molecule has 0 saturated carbocycles. The standard InChI is InChI=1S/C20H33B2N5O9S/c1-3-20(21,4-2)37-13(7-15(30)31)18(34)25-11(8-23)16(32)24-9-12(19(35)36)26-17(33)10(27-22)5-6-14(28)29/h10-13,27H,3-9,23H2,1-2H3,(H,24,32)(H,25,34)(H,26,33)(H,28,29)(H,30,31)(H,35,36)/t10-,11-,12-,13?/m0/s1. The number of hydrogen-bond acceptors (Lipinski definition) is 9. The van der Waals surface area contributed by atoms with Gasteiger partial charge in [0.05, 0.1) is 25.6 Å². The Bertz CT molecular complexity index is 832. The zero-order valence-electron chi connectivity index (χ0n) is 20.7. The van der Waals surface area contributed by atoms with E-state index in [1.165, 1.54) is 0 Å². The summed E-state index contributed by atoms with van der Waals surface area (Å²) in [6.07, 6.45) is -0.264. The van der Waals surface area contributed by atoms with Gasteiger partial charge in [-0.05, 0) is 23.9 Å². The summed E-state index contributed by atoms with van der Waals surface area (Å²) in [5.74, 6) is -6.50. The van der Waals surface area contributed by atoms with Gasteiger partial charge in [0.2, 0.25) is 17.7 Å². The van der Waals surface area contributed by atoms with E-state index in [0.717, 1.165) is 11.8 Å². The van der Waals surface area contributed by atoms with E-state index >= 15 is 0 Å². The number of nitrogens with two attached hydrogens (primary N) is 1. The second-order valence-corrected chi connectivity index (χ2v) is 9.69. The molecule has 0 aromatic heterocycles. The Hall–Kier alpha value is -2.78. The second kappa shape index (κ2) is 16.9. The van der Waals surface area contributed by atoms with Crippen molar-refractivity contribution in [2.24, 2.45) is 5.73 Å². The van der Waals surface area contributed by atoms with Crippen molar-refractivity contribution >= 4 is 63.2 Å². The van der Waals surface area contributed by atoms with Gasteiger partial charge in [-0.15, -0.1) is 0 Å². The van der Waals surface area contributed by atoms with Crippen molar-refractivity contribution in [2.75, 3.05) is 13.1 Å². The molecule has 37 heavy (non-hydrogen) atoms. The maximum Gasteiger partial charge on any atom is 0.328 e. The summed E-state index contributed by atoms with van der Waals surface area (Å²) in [6.45, 7) is 2.58. The molecule has 1 unspecified atom stereocenters. The van der Waals surface area contributed by atoms with E-state index in [0.29, 0.717) is 12.8 Å². The molecule has 204 valence electrons. The molecule has 0 aliphatic heterocycles. The Morgan fingerprint density at radius 1 is 0.892 bits per heavy atom. The molecule has 0 bridgehead atoms. The van der Waals surface area contributed by atoms with E-state index < -0.39 is 89.6 Å². The maximum absolute atomic E-state index is 12.8. The van der Waals surface area contributed by atoms with E-state index in [9.17, 15) is 39.0 Å². The van der Waals surface area contributed by atoms with E-state index in [4.69, 9.17) is 26.7 Å². The van der Waals surface area contributed by atoms with Crippen LogP contribution < -0.4 is 26.9 Å². The highest BCUT2D eigenvalue weighted by Crippen LogP contribution is 2.34. The normalized spacial score (nSPS) is 14.5. The fourth-order valence-electron chi connectivity index (χ4n) is 2.90. The number of rotatable bonds is 19. The van der Waals surface area contributed by atoms with Crippen molar-refractivity contribution in [3.63, 3.8) is 0 Å². The van der Waals surface area contributed by atoms with Gasteiger partial charge in [0.1, 0.15) is 12.1 Å². The van der Waals surface area contributed by atoms with E-state index in [-0.39, 0.29) is 6.42 Å². The molecule has 0 aromatic carbocycles. The maximum atomic E-state index is 12.8. The zero-order valence-corrected chi connectivity index (χ0v) is 21.5. The molecule has 0 aliphatic rings. The number of carbonyl (C=O) groups is 6. The smallest absolute Gasteiger partial charge is 0.328 e. The minimum atomic E-state index is -1.62. The van der Waals surface area contributed by atoms with Gasteiger partial charge in [0.25, 0.3) is 0 Å². The van der Waals surface area contributed by atoms with E-state index in [2.05, 4.69) is 21.2 Å². The summed E-state index contributed by atoms with van der Waals surface area (Å²) in [5, 5.41) is 35.0. The molecule has 9 N–H and O–H groups in total. The lowest BCUT2D eigenvalue weighted by molar-refractivity contribution is -0.142. The van der Waals surface area contributed by atoms with Crippen LogP contribution in [0.5, 0.6) is 0 Å². The number of carboxylic acid groups (broad SMARTS) is 3. The topological polar surface area (TPSA) is 237 Å². The average molecular weight is 541 g/mol. The monoisotopic (exact) mass is 541 g/mol. The van der Waals surface area contributed by atoms with Crippen LogP contribution >= 0.6 is 11.8 Å². The first kappa shape index (κ1) is 34.2. The summed E-state index contributed by atoms with van der Waals surface area (Å²) in [5.41, 5.74) is 5.59. The summed E-state index contributed by atoms with van der Waals surface area (Å²) >= 11 is 0.967. The summed E-state index contributed by atoms with van der Waals surface area (Å²) in [7, 11) is 11.4. The Kier molecular flexibility index (Phi) is 15.6. The van der Waals surface area contributed by atoms with Crippen LogP contribution in [-0.4, -0.2) is 108 Å². The van der Waals surface area contributed by atoms with Crippen LogP contribution in [0.1, 0.15) is 46.0 Å². The highest BCUT2D eigenvalue weighted by Gasteiger charge is 2.33. The van der Waals surface area contributed by atoms with Crippen LogP contribution in [0.15, 0.2) is 0 Å². The van der Waals surface area contributed by atoms with Crippen molar-refractivity contribution in [1.82, 2.24) is 21.2 Å². The highest BCUT2D eigenvalue weighted by molar-refractivity contribution is 8.03. The van der Waals surface area contributed by atoms with Crippen molar-refractivity contribution in [2.45, 2.75) is 74.0 Å². The van der Waals surface area contributed by atoms with Crippen molar-refractivity contribution in [1.29, 1.82) is 0 Å². The lowest BCUT2D eigenvalue weighted by Crippen LogP contribution is -2.57. The van der Waals surface area contributed by atoms with Gasteiger partial charge in [0, 0.05) is 19.5 Å². The van der Waals surface area contributed by atoms with Gasteiger partial charge in [-0.3, -0.25) is 24.0 Å². The lowest BCUT2D eigenvalue weighted by atomic mass is 9.81. The molecule has 0 saturated heterocycles. The number of thioether (sulfide) groups is 1. The van der Waals surface area contributed by atoms with Crippen molar-refractivity contribution < 1.29 is 44.1 Å². The number of carbonyl (C=O) groups excluding carboxylic acids is 3. The van der Waals surface area contributed by atoms with E-state index in [1.807, 2.05) is 0 Å². The van der Waals surface area contributed by atoms with Crippen molar-refractivity contribution in [3.8, 4) is 0 Å². The molecule has 17 heteroatoms. The van der Waals surface area contributed by atoms with E-state index in [1.54, 1.807) is 13.8 Å². The average Bonchev–Trinajstić information content (AvgIpc) is 2.83. The van der Waals surface area contributed by atoms with Crippen LogP contribution in [0, 0.1) is 0 Å². The third-order valence-electron chi connectivity index (χ3n) is 5.35. The third kappa shape index (κ3) is 12.8. The fraction of sp³-hybridized carbons (Fsp3) is 0.700. The molecular formula is C20H33B2N5O9S. The van der Waals surface area contributed by atoms with Gasteiger partial charge in [-0.2, -0.15) is 11.8 Å². The zero-order chi connectivity index (χ0) is 28.8. The molecule has 0 fully saturated rings. The molecule has 3 amide bonds. The van der Waals surface area contributed by atoms with Gasteiger partial charge < -0.3 is 42.2 Å². The molecule has 0 rings (SSSR count). The van der Waals surface area contributed by atoms with Crippen LogP contribution in [0.25, 0.3) is 0 Å². The quantitative estimate of drug-likeness (QED) is 0.0779. The molecule has 0 aliphatic carbocycles. The number of carboxylic acids is 3. The van der Waals surface area contributed by atoms with Crippen LogP contribution in [-0.2, 0) is 28.8 Å². The van der Waals surface area contributed by atoms with Crippen molar-refractivity contribution in [3.05, 3.63) is 0 Å². The Balaban J connectivity index is 5.27. The number of hydrogen-bond donors (Lipinski definition) is 8. The van der Waals surface area contributed by atoms with Gasteiger partial charge in [-0.25, -0.2) is 4.79 Å². The second-order valence-electron chi connectivity index (χ2n) is 8.07. The largest absolute Gasteiger partial charge is 0.481 e. The molecule has 0 spiro atoms. The highest BCUT2D eigenvalue weighted by atomic mass is 32.2. The first-order valence-electron chi connectivity index (χ1n) is 11.4. The predicted molar refractivity (Wildman–Crippen MR) is 136 cm³/mol. The molecule has 0 heterocycles. The summed E-state index contributed by atoms with van der Waals surface area (Å²) in [6, 6.07) is -4.15. The summed E-state index contributed by atoms with van der Waals surface area (Å²) in [4.78, 5) is 71.1. The Morgan fingerprint density at radius 2 is 1.46 bits per heavy atom. The van der Waals surface area contributed by atoms with Crippen LogP contribution in [0.2, 0.25) is 0 Å². The molecule has 4 atom stereocenters. The lowest BCUT2D eigenvalue weighted by Gasteiger charge is -2.31. The van der Waals surface area contributed by atoms with Gasteiger partial charge in [-0.1, -0.05) is 13.8 Å². The molecular weight excluding hydrogens is 508 g/mol.